The minimum Gasteiger partial charge on any atom is -0.391 e. The second-order valence-corrected chi connectivity index (χ2v) is 3.12. The maximum absolute atomic E-state index is 9.45. The maximum Gasteiger partial charge on any atom is 0.0952 e. The van der Waals surface area contributed by atoms with Crippen LogP contribution in [0.25, 0.3) is 0 Å². The Balaban J connectivity index is 3.89. The van der Waals surface area contributed by atoms with E-state index >= 15 is 0 Å². The van der Waals surface area contributed by atoms with E-state index in [-0.39, 0.29) is 13.0 Å². The van der Waals surface area contributed by atoms with Gasteiger partial charge in [0.05, 0.1) is 24.4 Å². The van der Waals surface area contributed by atoms with Crippen LogP contribution >= 0.6 is 0 Å². The highest BCUT2D eigenvalue weighted by Crippen LogP contribution is 2.07. The van der Waals surface area contributed by atoms with Crippen LogP contribution in [-0.2, 0) is 4.74 Å². The first-order valence-corrected chi connectivity index (χ1v) is 4.30. The molecule has 0 aliphatic heterocycles. The van der Waals surface area contributed by atoms with Gasteiger partial charge in [-0.05, 0) is 6.92 Å². The number of aliphatic hydroxyl groups excluding tert-OH is 3. The molecule has 0 aromatic heterocycles. The van der Waals surface area contributed by atoms with E-state index < -0.39 is 24.4 Å². The van der Waals surface area contributed by atoms with Gasteiger partial charge < -0.3 is 25.8 Å². The van der Waals surface area contributed by atoms with Crippen molar-refractivity contribution in [2.24, 2.45) is 5.73 Å². The SMILES string of the molecule is COC(CN)C(O)C[C@@H](O)C(C)O. The Hall–Kier alpha value is -0.200. The van der Waals surface area contributed by atoms with Gasteiger partial charge in [0.2, 0.25) is 0 Å². The van der Waals surface area contributed by atoms with Crippen molar-refractivity contribution in [1.82, 2.24) is 0 Å². The molecule has 80 valence electrons. The number of aliphatic hydroxyl groups is 3. The van der Waals surface area contributed by atoms with E-state index in [2.05, 4.69) is 0 Å². The normalized spacial score (nSPS) is 20.8. The van der Waals surface area contributed by atoms with Crippen molar-refractivity contribution in [2.75, 3.05) is 13.7 Å². The van der Waals surface area contributed by atoms with E-state index in [9.17, 15) is 10.2 Å². The summed E-state index contributed by atoms with van der Waals surface area (Å²) in [5, 5.41) is 27.6. The summed E-state index contributed by atoms with van der Waals surface area (Å²) in [6.45, 7) is 1.64. The predicted molar refractivity (Wildman–Crippen MR) is 48.2 cm³/mol. The largest absolute Gasteiger partial charge is 0.391 e. The molecule has 0 bridgehead atoms. The minimum absolute atomic E-state index is 0.0629. The van der Waals surface area contributed by atoms with Crippen molar-refractivity contribution >= 4 is 0 Å². The number of ether oxygens (including phenoxy) is 1. The topological polar surface area (TPSA) is 95.9 Å². The molecule has 0 rings (SSSR count). The third-order valence-corrected chi connectivity index (χ3v) is 2.00. The quantitative estimate of drug-likeness (QED) is 0.410. The van der Waals surface area contributed by atoms with Gasteiger partial charge in [-0.2, -0.15) is 0 Å². The third-order valence-electron chi connectivity index (χ3n) is 2.00. The van der Waals surface area contributed by atoms with Gasteiger partial charge in [0.15, 0.2) is 0 Å². The van der Waals surface area contributed by atoms with E-state index in [0.29, 0.717) is 0 Å². The molecule has 0 fully saturated rings. The Labute approximate surface area is 78.1 Å². The minimum atomic E-state index is -0.945. The van der Waals surface area contributed by atoms with E-state index in [4.69, 9.17) is 15.6 Å². The molecule has 4 atom stereocenters. The van der Waals surface area contributed by atoms with Gasteiger partial charge in [-0.15, -0.1) is 0 Å². The standard InChI is InChI=1S/C8H19NO4/c1-5(10)6(11)3-7(12)8(4-9)13-2/h5-8,10-12H,3-4,9H2,1-2H3/t5?,6-,7?,8?/m1/s1. The molecule has 5 nitrogen and oxygen atoms in total. The molecule has 5 N–H and O–H groups in total. The molecule has 0 heterocycles. The predicted octanol–water partition coefficient (Wildman–Crippen LogP) is -1.55. The van der Waals surface area contributed by atoms with Gasteiger partial charge in [0.1, 0.15) is 0 Å². The zero-order valence-corrected chi connectivity index (χ0v) is 8.05. The van der Waals surface area contributed by atoms with Crippen LogP contribution < -0.4 is 5.73 Å². The zero-order chi connectivity index (χ0) is 10.4. The lowest BCUT2D eigenvalue weighted by Gasteiger charge is -2.23. The van der Waals surface area contributed by atoms with Crippen molar-refractivity contribution in [3.63, 3.8) is 0 Å². The second-order valence-electron chi connectivity index (χ2n) is 3.12. The van der Waals surface area contributed by atoms with Crippen LogP contribution in [0.1, 0.15) is 13.3 Å². The molecule has 13 heavy (non-hydrogen) atoms. The molecular formula is C8H19NO4. The summed E-state index contributed by atoms with van der Waals surface area (Å²) < 4.78 is 4.87. The molecular weight excluding hydrogens is 174 g/mol. The van der Waals surface area contributed by atoms with E-state index in [1.165, 1.54) is 14.0 Å². The molecule has 0 aliphatic carbocycles. The Morgan fingerprint density at radius 1 is 1.23 bits per heavy atom. The summed E-state index contributed by atoms with van der Waals surface area (Å²) in [5.41, 5.74) is 5.31. The lowest BCUT2D eigenvalue weighted by molar-refractivity contribution is -0.0531. The molecule has 0 amide bonds. The lowest BCUT2D eigenvalue weighted by Crippen LogP contribution is -2.39. The van der Waals surface area contributed by atoms with Crippen molar-refractivity contribution in [2.45, 2.75) is 37.8 Å². The molecule has 0 aromatic carbocycles. The maximum atomic E-state index is 9.45. The molecule has 0 aliphatic rings. The average molecular weight is 193 g/mol. The Bertz CT molecular complexity index is 127. The highest BCUT2D eigenvalue weighted by molar-refractivity contribution is 4.75. The summed E-state index contributed by atoms with van der Waals surface area (Å²) in [4.78, 5) is 0. The smallest absolute Gasteiger partial charge is 0.0952 e. The fraction of sp³-hybridized carbons (Fsp3) is 1.00. The van der Waals surface area contributed by atoms with Crippen LogP contribution in [-0.4, -0.2) is 53.4 Å². The van der Waals surface area contributed by atoms with Gasteiger partial charge in [-0.25, -0.2) is 0 Å². The summed E-state index contributed by atoms with van der Waals surface area (Å²) in [5.74, 6) is 0. The molecule has 5 heteroatoms. The average Bonchev–Trinajstić information content (AvgIpc) is 2.06. The molecule has 0 saturated heterocycles. The first-order chi connectivity index (χ1) is 6.02. The number of hydrogen-bond acceptors (Lipinski definition) is 5. The van der Waals surface area contributed by atoms with Gasteiger partial charge in [-0.1, -0.05) is 0 Å². The number of rotatable bonds is 6. The van der Waals surface area contributed by atoms with E-state index in [1.54, 1.807) is 0 Å². The number of hydrogen-bond donors (Lipinski definition) is 4. The molecule has 0 spiro atoms. The van der Waals surface area contributed by atoms with Crippen LogP contribution in [0, 0.1) is 0 Å². The summed E-state index contributed by atoms with van der Waals surface area (Å²) >= 11 is 0. The highest BCUT2D eigenvalue weighted by atomic mass is 16.5. The molecule has 0 aromatic rings. The van der Waals surface area contributed by atoms with E-state index in [1.807, 2.05) is 0 Å². The van der Waals surface area contributed by atoms with Crippen LogP contribution in [0.4, 0.5) is 0 Å². The van der Waals surface area contributed by atoms with Gasteiger partial charge in [0, 0.05) is 20.1 Å². The van der Waals surface area contributed by atoms with Crippen LogP contribution in [0.5, 0.6) is 0 Å². The van der Waals surface area contributed by atoms with Crippen molar-refractivity contribution in [3.05, 3.63) is 0 Å². The Morgan fingerprint density at radius 3 is 2.08 bits per heavy atom. The fourth-order valence-corrected chi connectivity index (χ4v) is 1.01. The molecule has 0 radical (unpaired) electrons. The van der Waals surface area contributed by atoms with E-state index in [0.717, 1.165) is 0 Å². The number of nitrogens with two attached hydrogens (primary N) is 1. The van der Waals surface area contributed by atoms with Crippen molar-refractivity contribution in [1.29, 1.82) is 0 Å². The number of methoxy groups -OCH3 is 1. The zero-order valence-electron chi connectivity index (χ0n) is 8.05. The molecule has 3 unspecified atom stereocenters. The van der Waals surface area contributed by atoms with Crippen molar-refractivity contribution < 1.29 is 20.1 Å². The Morgan fingerprint density at radius 2 is 1.77 bits per heavy atom. The summed E-state index contributed by atoms with van der Waals surface area (Å²) in [6, 6.07) is 0. The van der Waals surface area contributed by atoms with Gasteiger partial charge >= 0.3 is 0 Å². The van der Waals surface area contributed by atoms with Crippen LogP contribution in [0.15, 0.2) is 0 Å². The monoisotopic (exact) mass is 193 g/mol. The highest BCUT2D eigenvalue weighted by Gasteiger charge is 2.22. The van der Waals surface area contributed by atoms with Gasteiger partial charge in [0.25, 0.3) is 0 Å². The first-order valence-electron chi connectivity index (χ1n) is 4.30. The summed E-state index contributed by atoms with van der Waals surface area (Å²) in [7, 11) is 1.44. The molecule has 0 saturated carbocycles. The van der Waals surface area contributed by atoms with Crippen LogP contribution in [0.3, 0.4) is 0 Å². The van der Waals surface area contributed by atoms with Crippen molar-refractivity contribution in [3.8, 4) is 0 Å². The second kappa shape index (κ2) is 6.28. The Kier molecular flexibility index (Phi) is 6.19. The lowest BCUT2D eigenvalue weighted by atomic mass is 10.0. The summed E-state index contributed by atoms with van der Waals surface area (Å²) in [6.07, 6.45) is -3.08. The first kappa shape index (κ1) is 12.8. The fourth-order valence-electron chi connectivity index (χ4n) is 1.01. The van der Waals surface area contributed by atoms with Crippen LogP contribution in [0.2, 0.25) is 0 Å². The third kappa shape index (κ3) is 4.54. The van der Waals surface area contributed by atoms with Gasteiger partial charge in [-0.3, -0.25) is 0 Å².